The van der Waals surface area contributed by atoms with Crippen molar-refractivity contribution in [2.24, 2.45) is 50.7 Å². The summed E-state index contributed by atoms with van der Waals surface area (Å²) in [5.74, 6) is 2.31. The number of carbonyl (C=O) groups excluding carboxylic acids is 1. The molecular weight excluding hydrogens is 392 g/mol. The van der Waals surface area contributed by atoms with Crippen molar-refractivity contribution in [3.8, 4) is 0 Å². The second-order valence-electron chi connectivity index (χ2n) is 14.2. The van der Waals surface area contributed by atoms with Crippen LogP contribution >= 0.6 is 0 Å². The molecule has 5 aliphatic rings. The van der Waals surface area contributed by atoms with Crippen molar-refractivity contribution in [3.63, 3.8) is 0 Å². The van der Waals surface area contributed by atoms with E-state index in [-0.39, 0.29) is 17.4 Å². The molecule has 0 saturated heterocycles. The van der Waals surface area contributed by atoms with Gasteiger partial charge in [-0.15, -0.1) is 0 Å². The Kier molecular flexibility index (Phi) is 5.20. The van der Waals surface area contributed by atoms with Crippen molar-refractivity contribution < 1.29 is 9.90 Å². The molecule has 5 rings (SSSR count). The van der Waals surface area contributed by atoms with Crippen molar-refractivity contribution in [1.29, 1.82) is 0 Å². The SMILES string of the molecule is CC(C)=CCC[C@@H](C=O)[C@H]1CC[C@@]2(C)[C@@H]3CC[C@H]4C(C)(C)[C@@H](O)CC[C@@]45C[C@@]35CC[C@]12C. The lowest BCUT2D eigenvalue weighted by atomic mass is 9.41. The summed E-state index contributed by atoms with van der Waals surface area (Å²) < 4.78 is 0. The number of hydrogen-bond donors (Lipinski definition) is 1. The maximum absolute atomic E-state index is 12.3. The van der Waals surface area contributed by atoms with Gasteiger partial charge >= 0.3 is 0 Å². The summed E-state index contributed by atoms with van der Waals surface area (Å²) in [4.78, 5) is 12.3. The fourth-order valence-electron chi connectivity index (χ4n) is 11.0. The summed E-state index contributed by atoms with van der Waals surface area (Å²) in [6, 6.07) is 0. The minimum atomic E-state index is -0.123. The Hall–Kier alpha value is -0.630. The van der Waals surface area contributed by atoms with Crippen molar-refractivity contribution in [2.45, 2.75) is 118 Å². The molecule has 2 spiro atoms. The number of aliphatic hydroxyl groups is 1. The first kappa shape index (κ1) is 23.1. The van der Waals surface area contributed by atoms with E-state index >= 15 is 0 Å². The summed E-state index contributed by atoms with van der Waals surface area (Å²) in [5.41, 5.74) is 3.17. The van der Waals surface area contributed by atoms with Crippen LogP contribution in [-0.2, 0) is 4.79 Å². The molecule has 0 heterocycles. The summed E-state index contributed by atoms with van der Waals surface area (Å²) in [5, 5.41) is 10.8. The van der Waals surface area contributed by atoms with Crippen LogP contribution in [0.25, 0.3) is 0 Å². The largest absolute Gasteiger partial charge is 0.393 e. The number of allylic oxidation sites excluding steroid dienone is 2. The first-order valence-corrected chi connectivity index (χ1v) is 13.8. The first-order chi connectivity index (χ1) is 15.0. The minimum absolute atomic E-state index is 0.0696. The Balaban J connectivity index is 1.42. The molecule has 0 unspecified atom stereocenters. The van der Waals surface area contributed by atoms with Crippen LogP contribution in [0.2, 0.25) is 0 Å². The zero-order chi connectivity index (χ0) is 23.2. The third-order valence-corrected chi connectivity index (χ3v) is 12.9. The van der Waals surface area contributed by atoms with Crippen molar-refractivity contribution in [1.82, 2.24) is 0 Å². The van der Waals surface area contributed by atoms with E-state index in [0.717, 1.165) is 25.2 Å². The van der Waals surface area contributed by atoms with Crippen LogP contribution in [0.5, 0.6) is 0 Å². The molecule has 0 aromatic heterocycles. The lowest BCUT2D eigenvalue weighted by Crippen LogP contribution is -2.57. The highest BCUT2D eigenvalue weighted by Crippen LogP contribution is 2.89. The van der Waals surface area contributed by atoms with Gasteiger partial charge in [-0.25, -0.2) is 0 Å². The molecule has 0 aliphatic heterocycles. The maximum atomic E-state index is 12.3. The van der Waals surface area contributed by atoms with Crippen LogP contribution < -0.4 is 0 Å². The van der Waals surface area contributed by atoms with Crippen molar-refractivity contribution >= 4 is 6.29 Å². The lowest BCUT2D eigenvalue weighted by molar-refractivity contribution is -0.162. The molecule has 0 aromatic rings. The Morgan fingerprint density at radius 3 is 2.28 bits per heavy atom. The Labute approximate surface area is 197 Å². The molecule has 5 aliphatic carbocycles. The Morgan fingerprint density at radius 2 is 1.59 bits per heavy atom. The van der Waals surface area contributed by atoms with Crippen molar-refractivity contribution in [2.75, 3.05) is 0 Å². The van der Waals surface area contributed by atoms with Crippen LogP contribution in [-0.4, -0.2) is 17.5 Å². The van der Waals surface area contributed by atoms with Gasteiger partial charge < -0.3 is 9.90 Å². The fourth-order valence-corrected chi connectivity index (χ4v) is 11.0. The van der Waals surface area contributed by atoms with E-state index in [1.807, 2.05) is 0 Å². The van der Waals surface area contributed by atoms with Gasteiger partial charge in [-0.05, 0) is 129 Å². The summed E-state index contributed by atoms with van der Waals surface area (Å²) in [6.45, 7) is 14.3. The molecule has 2 heteroatoms. The number of rotatable bonds is 5. The van der Waals surface area contributed by atoms with Gasteiger partial charge in [0.25, 0.3) is 0 Å². The molecule has 9 atom stereocenters. The van der Waals surface area contributed by atoms with E-state index in [0.29, 0.717) is 33.5 Å². The van der Waals surface area contributed by atoms with Crippen LogP contribution in [0.4, 0.5) is 0 Å². The van der Waals surface area contributed by atoms with Crippen LogP contribution in [0.15, 0.2) is 11.6 Å². The van der Waals surface area contributed by atoms with Gasteiger partial charge in [0.1, 0.15) is 6.29 Å². The zero-order valence-corrected chi connectivity index (χ0v) is 21.7. The summed E-state index contributed by atoms with van der Waals surface area (Å²) in [7, 11) is 0. The van der Waals surface area contributed by atoms with E-state index < -0.39 is 0 Å². The maximum Gasteiger partial charge on any atom is 0.123 e. The zero-order valence-electron chi connectivity index (χ0n) is 21.7. The average Bonchev–Trinajstić information content (AvgIpc) is 3.32. The second-order valence-corrected chi connectivity index (χ2v) is 14.2. The highest BCUT2D eigenvalue weighted by molar-refractivity contribution is 5.55. The van der Waals surface area contributed by atoms with E-state index in [4.69, 9.17) is 0 Å². The number of aliphatic hydroxyl groups excluding tert-OH is 1. The average molecular weight is 441 g/mol. The second kappa shape index (κ2) is 7.19. The van der Waals surface area contributed by atoms with E-state index in [9.17, 15) is 9.90 Å². The van der Waals surface area contributed by atoms with Crippen LogP contribution in [0.3, 0.4) is 0 Å². The Bertz CT molecular complexity index is 808. The molecule has 2 nitrogen and oxygen atoms in total. The number of aldehydes is 1. The van der Waals surface area contributed by atoms with Gasteiger partial charge in [0, 0.05) is 5.92 Å². The molecule has 0 aromatic carbocycles. The van der Waals surface area contributed by atoms with E-state index in [2.05, 4.69) is 47.6 Å². The summed E-state index contributed by atoms with van der Waals surface area (Å²) >= 11 is 0. The molecule has 0 bridgehead atoms. The molecule has 32 heavy (non-hydrogen) atoms. The molecular formula is C30H48O2. The standard InChI is InChI=1S/C30H48O2/c1-20(2)8-7-9-21(18-31)22-12-14-28(6)24-11-10-23-26(3,4)25(32)13-15-29(23)19-30(24,29)17-16-27(22,28)5/h8,18,21-25,32H,7,9-17,19H2,1-6H3/t21-,22+,23-,24-,25-,27+,28-,29+,30-/m0/s1. The van der Waals surface area contributed by atoms with Gasteiger partial charge in [0.15, 0.2) is 0 Å². The van der Waals surface area contributed by atoms with Gasteiger partial charge in [0.05, 0.1) is 6.10 Å². The molecule has 0 radical (unpaired) electrons. The quantitative estimate of drug-likeness (QED) is 0.358. The third kappa shape index (κ3) is 2.71. The number of carbonyl (C=O) groups is 1. The number of hydrogen-bond acceptors (Lipinski definition) is 2. The third-order valence-electron chi connectivity index (χ3n) is 12.9. The lowest BCUT2D eigenvalue weighted by Gasteiger charge is -2.63. The van der Waals surface area contributed by atoms with Crippen LogP contribution in [0, 0.1) is 50.7 Å². The molecule has 5 fully saturated rings. The predicted molar refractivity (Wildman–Crippen MR) is 131 cm³/mol. The molecule has 1 N–H and O–H groups in total. The highest BCUT2D eigenvalue weighted by atomic mass is 16.3. The minimum Gasteiger partial charge on any atom is -0.393 e. The van der Waals surface area contributed by atoms with Gasteiger partial charge in [-0.1, -0.05) is 39.3 Å². The Morgan fingerprint density at radius 1 is 0.906 bits per heavy atom. The van der Waals surface area contributed by atoms with E-state index in [1.54, 1.807) is 0 Å². The monoisotopic (exact) mass is 440 g/mol. The molecule has 5 saturated carbocycles. The van der Waals surface area contributed by atoms with Gasteiger partial charge in [0.2, 0.25) is 0 Å². The number of fused-ring (bicyclic) bond motifs is 2. The summed E-state index contributed by atoms with van der Waals surface area (Å²) in [6.07, 6.45) is 17.2. The highest BCUT2D eigenvalue weighted by Gasteiger charge is 2.82. The van der Waals surface area contributed by atoms with Gasteiger partial charge in [-0.2, -0.15) is 0 Å². The van der Waals surface area contributed by atoms with Gasteiger partial charge in [-0.3, -0.25) is 0 Å². The predicted octanol–water partition coefficient (Wildman–Crippen LogP) is 7.35. The van der Waals surface area contributed by atoms with E-state index in [1.165, 1.54) is 63.2 Å². The molecule has 0 amide bonds. The molecule has 180 valence electrons. The topological polar surface area (TPSA) is 37.3 Å². The normalized spacial score (nSPS) is 51.5. The fraction of sp³-hybridized carbons (Fsp3) is 0.900. The van der Waals surface area contributed by atoms with Crippen LogP contribution in [0.1, 0.15) is 112 Å². The first-order valence-electron chi connectivity index (χ1n) is 13.8. The van der Waals surface area contributed by atoms with Crippen molar-refractivity contribution in [3.05, 3.63) is 11.6 Å². The smallest absolute Gasteiger partial charge is 0.123 e.